The molecule has 41 heavy (non-hydrogen) atoms. The zero-order chi connectivity index (χ0) is 29.7. The van der Waals surface area contributed by atoms with Crippen LogP contribution in [0.5, 0.6) is 0 Å². The summed E-state index contributed by atoms with van der Waals surface area (Å²) in [7, 11) is 0. The Kier molecular flexibility index (Phi) is 7.42. The molecule has 15 heteroatoms. The molecule has 0 spiro atoms. The van der Waals surface area contributed by atoms with E-state index < -0.39 is 35.5 Å². The van der Waals surface area contributed by atoms with Crippen molar-refractivity contribution in [2.24, 2.45) is 5.92 Å². The number of pyridine rings is 1. The van der Waals surface area contributed by atoms with Gasteiger partial charge in [-0.25, -0.2) is 9.37 Å². The van der Waals surface area contributed by atoms with Gasteiger partial charge >= 0.3 is 12.4 Å². The average Bonchev–Trinajstić information content (AvgIpc) is 2.87. The summed E-state index contributed by atoms with van der Waals surface area (Å²) in [5.74, 6) is -1.88. The minimum Gasteiger partial charge on any atom is -0.380 e. The number of ether oxygens (including phenoxy) is 1. The Hall–Kier alpha value is -3.75. The Morgan fingerprint density at radius 2 is 1.73 bits per heavy atom. The van der Waals surface area contributed by atoms with Gasteiger partial charge in [-0.2, -0.15) is 31.4 Å². The van der Waals surface area contributed by atoms with Crippen LogP contribution in [0.15, 0.2) is 24.3 Å². The molecular formula is C26H25F7N6O2. The minimum atomic E-state index is -4.91. The number of carbonyl (C=O) groups is 1. The summed E-state index contributed by atoms with van der Waals surface area (Å²) in [4.78, 5) is 19.5. The van der Waals surface area contributed by atoms with Gasteiger partial charge < -0.3 is 19.9 Å². The van der Waals surface area contributed by atoms with E-state index in [1.807, 2.05) is 0 Å². The Labute approximate surface area is 229 Å². The Balaban J connectivity index is 1.50. The number of aryl methyl sites for hydroxylation is 1. The zero-order valence-corrected chi connectivity index (χ0v) is 21.9. The monoisotopic (exact) mass is 586 g/mol. The van der Waals surface area contributed by atoms with Crippen molar-refractivity contribution in [1.29, 1.82) is 0 Å². The lowest BCUT2D eigenvalue weighted by Crippen LogP contribution is -2.53. The van der Waals surface area contributed by atoms with Crippen molar-refractivity contribution >= 4 is 28.3 Å². The third kappa shape index (κ3) is 5.59. The van der Waals surface area contributed by atoms with E-state index in [4.69, 9.17) is 4.74 Å². The highest BCUT2D eigenvalue weighted by atomic mass is 19.4. The quantitative estimate of drug-likeness (QED) is 0.423. The molecule has 0 aliphatic carbocycles. The highest BCUT2D eigenvalue weighted by molar-refractivity contribution is 5.93. The zero-order valence-electron chi connectivity index (χ0n) is 21.9. The number of hydrogen-bond donors (Lipinski definition) is 1. The standard InChI is InChI=1S/C26H25F7N6O2/c1-13(16-4-3-5-18(20(16)27)25(28,29)30)34-23-17-10-19(22(26(31,32)33)35-21(17)14(2)36-37-23)38-6-8-39(9-7-38)24(40)15-11-41-12-15/h3-5,10,13,15H,6-9,11-12H2,1-2H3,(H,34,37)/t13-/m1/s1. The van der Waals surface area contributed by atoms with Crippen molar-refractivity contribution in [3.8, 4) is 0 Å². The lowest BCUT2D eigenvalue weighted by molar-refractivity contribution is -0.150. The number of halogens is 7. The molecule has 0 unspecified atom stereocenters. The largest absolute Gasteiger partial charge is 0.435 e. The Bertz CT molecular complexity index is 1470. The molecule has 0 radical (unpaired) electrons. The maximum Gasteiger partial charge on any atom is 0.435 e. The SMILES string of the molecule is Cc1nnc(N[C@H](C)c2cccc(C(F)(F)F)c2F)c2cc(N3CCN(C(=O)C4COC4)CC3)c(C(F)(F)F)nc12. The molecule has 4 heterocycles. The van der Waals surface area contributed by atoms with E-state index >= 15 is 0 Å². The molecule has 2 aliphatic heterocycles. The van der Waals surface area contributed by atoms with Gasteiger partial charge in [0, 0.05) is 37.1 Å². The number of alkyl halides is 6. The van der Waals surface area contributed by atoms with E-state index in [-0.39, 0.29) is 71.7 Å². The number of nitrogens with zero attached hydrogens (tertiary/aromatic N) is 5. The number of nitrogens with one attached hydrogen (secondary N) is 1. The molecule has 1 N–H and O–H groups in total. The van der Waals surface area contributed by atoms with Crippen LogP contribution in [0.2, 0.25) is 0 Å². The fourth-order valence-electron chi connectivity index (χ4n) is 4.93. The van der Waals surface area contributed by atoms with Crippen LogP contribution in [0.25, 0.3) is 10.9 Å². The number of hydrogen-bond acceptors (Lipinski definition) is 7. The fourth-order valence-corrected chi connectivity index (χ4v) is 4.93. The summed E-state index contributed by atoms with van der Waals surface area (Å²) in [6.07, 6.45) is -9.74. The highest BCUT2D eigenvalue weighted by Crippen LogP contribution is 2.40. The summed E-state index contributed by atoms with van der Waals surface area (Å²) in [5, 5.41) is 10.8. The Morgan fingerprint density at radius 3 is 2.32 bits per heavy atom. The maximum atomic E-state index is 14.8. The van der Waals surface area contributed by atoms with Crippen molar-refractivity contribution in [3.05, 3.63) is 52.6 Å². The predicted octanol–water partition coefficient (Wildman–Crippen LogP) is 4.98. The average molecular weight is 587 g/mol. The first-order valence-electron chi connectivity index (χ1n) is 12.7. The van der Waals surface area contributed by atoms with Crippen LogP contribution in [0.1, 0.15) is 35.5 Å². The number of anilines is 2. The summed E-state index contributed by atoms with van der Waals surface area (Å²) < 4.78 is 102. The third-order valence-corrected chi connectivity index (χ3v) is 7.24. The Morgan fingerprint density at radius 1 is 1.05 bits per heavy atom. The van der Waals surface area contributed by atoms with Gasteiger partial charge in [0.05, 0.1) is 47.6 Å². The number of carbonyl (C=O) groups excluding carboxylic acids is 1. The summed E-state index contributed by atoms with van der Waals surface area (Å²) in [6.45, 7) is 4.10. The molecule has 5 rings (SSSR count). The van der Waals surface area contributed by atoms with Gasteiger partial charge in [0.15, 0.2) is 11.5 Å². The first-order chi connectivity index (χ1) is 19.3. The molecule has 1 atom stereocenters. The molecule has 2 aliphatic rings. The van der Waals surface area contributed by atoms with Gasteiger partial charge in [0.2, 0.25) is 5.91 Å². The van der Waals surface area contributed by atoms with Crippen LogP contribution in [0.4, 0.5) is 42.2 Å². The fraction of sp³-hybridized carbons (Fsp3) is 0.462. The minimum absolute atomic E-state index is 0.0730. The highest BCUT2D eigenvalue weighted by Gasteiger charge is 2.40. The topological polar surface area (TPSA) is 83.5 Å². The molecule has 2 aromatic heterocycles. The number of fused-ring (bicyclic) bond motifs is 1. The lowest BCUT2D eigenvalue weighted by Gasteiger charge is -2.39. The number of aromatic nitrogens is 3. The van der Waals surface area contributed by atoms with E-state index in [2.05, 4.69) is 20.5 Å². The maximum absolute atomic E-state index is 14.8. The van der Waals surface area contributed by atoms with Crippen molar-refractivity contribution in [3.63, 3.8) is 0 Å². The second-order valence-corrected chi connectivity index (χ2v) is 10.0. The van der Waals surface area contributed by atoms with Crippen LogP contribution in [0.3, 0.4) is 0 Å². The smallest absolute Gasteiger partial charge is 0.380 e. The number of piperazine rings is 1. The molecule has 1 amide bonds. The van der Waals surface area contributed by atoms with E-state index in [0.29, 0.717) is 19.3 Å². The van der Waals surface area contributed by atoms with Crippen LogP contribution < -0.4 is 10.2 Å². The molecule has 2 saturated heterocycles. The van der Waals surface area contributed by atoms with Gasteiger partial charge in [0.1, 0.15) is 5.82 Å². The summed E-state index contributed by atoms with van der Waals surface area (Å²) in [5.41, 5.74) is -3.15. The number of amides is 1. The van der Waals surface area contributed by atoms with Crippen molar-refractivity contribution in [2.45, 2.75) is 32.2 Å². The first kappa shape index (κ1) is 28.8. The molecule has 0 bridgehead atoms. The van der Waals surface area contributed by atoms with Crippen LogP contribution >= 0.6 is 0 Å². The molecule has 1 aromatic carbocycles. The van der Waals surface area contributed by atoms with Crippen LogP contribution in [0, 0.1) is 18.7 Å². The molecule has 3 aromatic rings. The van der Waals surface area contributed by atoms with E-state index in [0.717, 1.165) is 6.07 Å². The van der Waals surface area contributed by atoms with Gasteiger partial charge in [-0.3, -0.25) is 4.79 Å². The van der Waals surface area contributed by atoms with Crippen molar-refractivity contribution < 1.29 is 40.3 Å². The third-order valence-electron chi connectivity index (χ3n) is 7.24. The molecule has 220 valence electrons. The van der Waals surface area contributed by atoms with Gasteiger partial charge in [-0.15, -0.1) is 5.10 Å². The second kappa shape index (κ2) is 10.6. The van der Waals surface area contributed by atoms with Gasteiger partial charge in [0.25, 0.3) is 0 Å². The lowest BCUT2D eigenvalue weighted by atomic mass is 10.0. The van der Waals surface area contributed by atoms with E-state index in [9.17, 15) is 35.5 Å². The van der Waals surface area contributed by atoms with Crippen LogP contribution in [-0.4, -0.2) is 65.4 Å². The van der Waals surface area contributed by atoms with Crippen molar-refractivity contribution in [1.82, 2.24) is 20.1 Å². The van der Waals surface area contributed by atoms with Crippen LogP contribution in [-0.2, 0) is 21.9 Å². The number of rotatable bonds is 5. The second-order valence-electron chi connectivity index (χ2n) is 10.0. The summed E-state index contributed by atoms with van der Waals surface area (Å²) >= 11 is 0. The first-order valence-corrected chi connectivity index (χ1v) is 12.7. The normalized spacial score (nSPS) is 17.5. The molecule has 2 fully saturated rings. The van der Waals surface area contributed by atoms with E-state index in [1.54, 1.807) is 4.90 Å². The van der Waals surface area contributed by atoms with E-state index in [1.165, 1.54) is 30.9 Å². The summed E-state index contributed by atoms with van der Waals surface area (Å²) in [6, 6.07) is 3.05. The van der Waals surface area contributed by atoms with Crippen molar-refractivity contribution in [2.75, 3.05) is 49.6 Å². The molecule has 0 saturated carbocycles. The molecular weight excluding hydrogens is 561 g/mol. The molecule has 8 nitrogen and oxygen atoms in total. The van der Waals surface area contributed by atoms with Gasteiger partial charge in [-0.1, -0.05) is 12.1 Å². The predicted molar refractivity (Wildman–Crippen MR) is 134 cm³/mol. The number of benzene rings is 1. The van der Waals surface area contributed by atoms with Gasteiger partial charge in [-0.05, 0) is 26.0 Å².